The van der Waals surface area contributed by atoms with Gasteiger partial charge in [-0.05, 0) is 6.92 Å². The monoisotopic (exact) mass is 252 g/mol. The van der Waals surface area contributed by atoms with Crippen LogP contribution in [0.15, 0.2) is 4.79 Å². The molecule has 1 amide bonds. The first-order valence-electron chi connectivity index (χ1n) is 5.77. The fourth-order valence-corrected chi connectivity index (χ4v) is 1.82. The van der Waals surface area contributed by atoms with E-state index in [-0.39, 0.29) is 17.4 Å². The molecule has 0 saturated heterocycles. The van der Waals surface area contributed by atoms with Gasteiger partial charge in [0.2, 0.25) is 11.9 Å². The van der Waals surface area contributed by atoms with Crippen LogP contribution < -0.4 is 26.8 Å². The first-order valence-corrected chi connectivity index (χ1v) is 5.77. The summed E-state index contributed by atoms with van der Waals surface area (Å²) in [5.74, 6) is 0.551. The predicted octanol–water partition coefficient (Wildman–Crippen LogP) is -0.932. The van der Waals surface area contributed by atoms with Crippen LogP contribution in [-0.4, -0.2) is 35.6 Å². The van der Waals surface area contributed by atoms with Crippen molar-refractivity contribution in [2.75, 3.05) is 35.7 Å². The number of H-pyrrole nitrogens is 1. The highest BCUT2D eigenvalue weighted by molar-refractivity contribution is 5.77. The molecule has 0 aromatic carbocycles. The molecule has 8 nitrogen and oxygen atoms in total. The van der Waals surface area contributed by atoms with E-state index in [9.17, 15) is 9.59 Å². The number of fused-ring (bicyclic) bond motifs is 1. The number of carbonyl (C=O) groups is 1. The highest BCUT2D eigenvalue weighted by atomic mass is 16.1. The van der Waals surface area contributed by atoms with Crippen LogP contribution in [0.3, 0.4) is 0 Å². The van der Waals surface area contributed by atoms with Gasteiger partial charge in [0.15, 0.2) is 5.82 Å². The lowest BCUT2D eigenvalue weighted by Gasteiger charge is -2.16. The van der Waals surface area contributed by atoms with Crippen molar-refractivity contribution in [3.63, 3.8) is 0 Å². The van der Waals surface area contributed by atoms with E-state index in [1.807, 2.05) is 11.8 Å². The number of nitrogens with one attached hydrogen (secondary N) is 3. The molecule has 1 aromatic heterocycles. The molecule has 18 heavy (non-hydrogen) atoms. The Morgan fingerprint density at radius 1 is 1.61 bits per heavy atom. The van der Waals surface area contributed by atoms with Gasteiger partial charge in [0.05, 0.1) is 6.67 Å². The lowest BCUT2D eigenvalue weighted by Crippen LogP contribution is -2.31. The maximum absolute atomic E-state index is 11.6. The second kappa shape index (κ2) is 4.94. The van der Waals surface area contributed by atoms with Crippen molar-refractivity contribution >= 4 is 23.4 Å². The smallest absolute Gasteiger partial charge is 0.277 e. The molecule has 0 spiro atoms. The van der Waals surface area contributed by atoms with Crippen molar-refractivity contribution in [1.29, 1.82) is 0 Å². The van der Waals surface area contributed by atoms with E-state index in [0.29, 0.717) is 37.7 Å². The van der Waals surface area contributed by atoms with Gasteiger partial charge in [0, 0.05) is 19.5 Å². The molecule has 0 radical (unpaired) electrons. The molecule has 1 aliphatic rings. The molecular formula is C10H16N6O2. The molecule has 5 N–H and O–H groups in total. The Balaban J connectivity index is 2.07. The molecule has 1 aliphatic heterocycles. The number of nitrogen functional groups attached to an aromatic ring is 1. The van der Waals surface area contributed by atoms with Crippen molar-refractivity contribution in [3.8, 4) is 0 Å². The lowest BCUT2D eigenvalue weighted by atomic mass is 10.3. The average Bonchev–Trinajstić information content (AvgIpc) is 2.70. The molecule has 2 rings (SSSR count). The van der Waals surface area contributed by atoms with Crippen LogP contribution in [0.2, 0.25) is 0 Å². The summed E-state index contributed by atoms with van der Waals surface area (Å²) in [4.78, 5) is 31.3. The van der Waals surface area contributed by atoms with Crippen molar-refractivity contribution < 1.29 is 4.79 Å². The van der Waals surface area contributed by atoms with Crippen LogP contribution in [0.4, 0.5) is 17.5 Å². The van der Waals surface area contributed by atoms with E-state index in [0.717, 1.165) is 0 Å². The number of amides is 1. The highest BCUT2D eigenvalue weighted by Gasteiger charge is 2.23. The van der Waals surface area contributed by atoms with Gasteiger partial charge in [0.25, 0.3) is 5.56 Å². The second-order valence-electron chi connectivity index (χ2n) is 3.95. The summed E-state index contributed by atoms with van der Waals surface area (Å²) in [6.45, 7) is 3.42. The van der Waals surface area contributed by atoms with Gasteiger partial charge in [-0.3, -0.25) is 14.6 Å². The van der Waals surface area contributed by atoms with E-state index < -0.39 is 0 Å². The van der Waals surface area contributed by atoms with Gasteiger partial charge in [-0.1, -0.05) is 0 Å². The van der Waals surface area contributed by atoms with Gasteiger partial charge in [-0.25, -0.2) is 0 Å². The molecule has 0 aliphatic carbocycles. The molecule has 98 valence electrons. The van der Waals surface area contributed by atoms with Crippen LogP contribution in [0.25, 0.3) is 0 Å². The van der Waals surface area contributed by atoms with E-state index in [1.165, 1.54) is 0 Å². The Hall–Kier alpha value is -2.25. The Kier molecular flexibility index (Phi) is 3.35. The zero-order chi connectivity index (χ0) is 13.1. The zero-order valence-electron chi connectivity index (χ0n) is 10.1. The van der Waals surface area contributed by atoms with Crippen LogP contribution in [-0.2, 0) is 4.79 Å². The summed E-state index contributed by atoms with van der Waals surface area (Å²) in [7, 11) is 0. The minimum atomic E-state index is -0.294. The van der Waals surface area contributed by atoms with Gasteiger partial charge < -0.3 is 21.3 Å². The molecule has 0 bridgehead atoms. The Morgan fingerprint density at radius 2 is 2.39 bits per heavy atom. The topological polar surface area (TPSA) is 116 Å². The number of aromatic nitrogens is 2. The summed E-state index contributed by atoms with van der Waals surface area (Å²) in [5, 5.41) is 5.65. The minimum Gasteiger partial charge on any atom is -0.369 e. The van der Waals surface area contributed by atoms with Crippen LogP contribution in [0, 0.1) is 0 Å². The number of hydrogen-bond acceptors (Lipinski definition) is 6. The fraction of sp³-hybridized carbons (Fsp3) is 0.500. The normalized spacial score (nSPS) is 13.1. The second-order valence-corrected chi connectivity index (χ2v) is 3.95. The molecule has 1 aromatic rings. The first-order chi connectivity index (χ1) is 8.61. The maximum Gasteiger partial charge on any atom is 0.277 e. The number of hydrogen-bond donors (Lipinski definition) is 4. The third-order valence-electron chi connectivity index (χ3n) is 2.65. The SMILES string of the molecule is CCNC(=O)CCN1CNc2c1nc(N)[nH]c2=O. The summed E-state index contributed by atoms with van der Waals surface area (Å²) >= 11 is 0. The number of carbonyl (C=O) groups excluding carboxylic acids is 1. The first kappa shape index (κ1) is 12.2. The van der Waals surface area contributed by atoms with E-state index in [2.05, 4.69) is 20.6 Å². The number of aromatic amines is 1. The number of nitrogens with two attached hydrogens (primary N) is 1. The van der Waals surface area contributed by atoms with Crippen LogP contribution in [0.1, 0.15) is 13.3 Å². The van der Waals surface area contributed by atoms with Crippen molar-refractivity contribution in [1.82, 2.24) is 15.3 Å². The Labute approximate surface area is 104 Å². The molecule has 0 unspecified atom stereocenters. The van der Waals surface area contributed by atoms with Gasteiger partial charge in [-0.2, -0.15) is 4.98 Å². The quantitative estimate of drug-likeness (QED) is 0.550. The van der Waals surface area contributed by atoms with Gasteiger partial charge >= 0.3 is 0 Å². The maximum atomic E-state index is 11.6. The predicted molar refractivity (Wildman–Crippen MR) is 68.4 cm³/mol. The Morgan fingerprint density at radius 3 is 3.11 bits per heavy atom. The van der Waals surface area contributed by atoms with Gasteiger partial charge in [0.1, 0.15) is 5.69 Å². The largest absolute Gasteiger partial charge is 0.369 e. The minimum absolute atomic E-state index is 0.0243. The number of anilines is 3. The van der Waals surface area contributed by atoms with E-state index >= 15 is 0 Å². The summed E-state index contributed by atoms with van der Waals surface area (Å²) < 4.78 is 0. The Bertz CT molecular complexity index is 512. The van der Waals surface area contributed by atoms with Crippen LogP contribution in [0.5, 0.6) is 0 Å². The third kappa shape index (κ3) is 2.36. The standard InChI is InChI=1S/C10H16N6O2/c1-2-12-6(17)3-4-16-5-13-7-8(16)14-10(11)15-9(7)18/h13H,2-5H2,1H3,(H,12,17)(H3,11,14,15,18). The van der Waals surface area contributed by atoms with Crippen molar-refractivity contribution in [3.05, 3.63) is 10.4 Å². The van der Waals surface area contributed by atoms with E-state index in [4.69, 9.17) is 5.73 Å². The molecule has 0 fully saturated rings. The van der Waals surface area contributed by atoms with Crippen LogP contribution >= 0.6 is 0 Å². The number of rotatable bonds is 4. The van der Waals surface area contributed by atoms with Crippen molar-refractivity contribution in [2.45, 2.75) is 13.3 Å². The molecule has 0 saturated carbocycles. The van der Waals surface area contributed by atoms with Crippen molar-refractivity contribution in [2.24, 2.45) is 0 Å². The summed E-state index contributed by atoms with van der Waals surface area (Å²) in [6.07, 6.45) is 0.351. The molecule has 0 atom stereocenters. The average molecular weight is 252 g/mol. The molecular weight excluding hydrogens is 236 g/mol. The van der Waals surface area contributed by atoms with E-state index in [1.54, 1.807) is 0 Å². The fourth-order valence-electron chi connectivity index (χ4n) is 1.82. The third-order valence-corrected chi connectivity index (χ3v) is 2.65. The highest BCUT2D eigenvalue weighted by Crippen LogP contribution is 2.25. The molecule has 2 heterocycles. The molecule has 8 heteroatoms. The lowest BCUT2D eigenvalue weighted by molar-refractivity contribution is -0.120. The van der Waals surface area contributed by atoms with Gasteiger partial charge in [-0.15, -0.1) is 0 Å². The number of nitrogens with zero attached hydrogens (tertiary/aromatic N) is 2. The summed E-state index contributed by atoms with van der Waals surface area (Å²) in [5.41, 5.74) is 5.61. The summed E-state index contributed by atoms with van der Waals surface area (Å²) in [6, 6.07) is 0. The zero-order valence-corrected chi connectivity index (χ0v) is 10.1.